The lowest BCUT2D eigenvalue weighted by Gasteiger charge is -2.41. The van der Waals surface area contributed by atoms with Crippen molar-refractivity contribution in [2.45, 2.75) is 31.7 Å². The van der Waals surface area contributed by atoms with Gasteiger partial charge in [-0.05, 0) is 26.0 Å². The first kappa shape index (κ1) is 11.9. The van der Waals surface area contributed by atoms with E-state index in [-0.39, 0.29) is 12.1 Å². The van der Waals surface area contributed by atoms with Crippen molar-refractivity contribution in [2.24, 2.45) is 0 Å². The van der Waals surface area contributed by atoms with Crippen LogP contribution in [0.1, 0.15) is 19.4 Å². The number of nitrogens with one attached hydrogen (secondary N) is 1. The molecule has 3 nitrogen and oxygen atoms in total. The average molecular weight is 242 g/mol. The summed E-state index contributed by atoms with van der Waals surface area (Å²) in [5.41, 5.74) is 0.687. The molecule has 3 atom stereocenters. The predicted molar refractivity (Wildman–Crippen MR) is 63.4 cm³/mol. The monoisotopic (exact) mass is 241 g/mol. The second-order valence-electron chi connectivity index (χ2n) is 4.31. The first-order valence-corrected chi connectivity index (χ1v) is 5.78. The maximum absolute atomic E-state index is 10.5. The van der Waals surface area contributed by atoms with Crippen LogP contribution in [-0.4, -0.2) is 23.8 Å². The smallest absolute Gasteiger partial charge is 0.208 e. The van der Waals surface area contributed by atoms with E-state index in [4.69, 9.17) is 16.3 Å². The third-order valence-corrected chi connectivity index (χ3v) is 3.15. The summed E-state index contributed by atoms with van der Waals surface area (Å²) in [5.74, 6) is -1.29. The third-order valence-electron chi connectivity index (χ3n) is 2.91. The number of aliphatic hydroxyl groups is 1. The summed E-state index contributed by atoms with van der Waals surface area (Å²) in [6.07, 6.45) is 0. The lowest BCUT2D eigenvalue weighted by molar-refractivity contribution is -0.252. The summed E-state index contributed by atoms with van der Waals surface area (Å²) in [4.78, 5) is 0. The van der Waals surface area contributed by atoms with Crippen LogP contribution in [-0.2, 0) is 10.5 Å². The van der Waals surface area contributed by atoms with Crippen LogP contribution in [0.15, 0.2) is 24.3 Å². The SMILES string of the molecule is C[C@@H]1CO[C@@](O)(c2cccc(Cl)c2)[C@H](C)N1. The van der Waals surface area contributed by atoms with Gasteiger partial charge in [-0.3, -0.25) is 0 Å². The largest absolute Gasteiger partial charge is 0.361 e. The quantitative estimate of drug-likeness (QED) is 0.789. The topological polar surface area (TPSA) is 41.5 Å². The van der Waals surface area contributed by atoms with Crippen molar-refractivity contribution in [1.29, 1.82) is 0 Å². The summed E-state index contributed by atoms with van der Waals surface area (Å²) < 4.78 is 5.57. The minimum absolute atomic E-state index is 0.172. The summed E-state index contributed by atoms with van der Waals surface area (Å²) in [6.45, 7) is 4.40. The summed E-state index contributed by atoms with van der Waals surface area (Å²) >= 11 is 5.92. The minimum atomic E-state index is -1.29. The number of ether oxygens (including phenoxy) is 1. The van der Waals surface area contributed by atoms with Crippen LogP contribution in [0.4, 0.5) is 0 Å². The molecular formula is C12H16ClNO2. The average Bonchev–Trinajstić information content (AvgIpc) is 2.24. The lowest BCUT2D eigenvalue weighted by Crippen LogP contribution is -2.58. The van der Waals surface area contributed by atoms with Gasteiger partial charge in [0.05, 0.1) is 12.6 Å². The van der Waals surface area contributed by atoms with Crippen molar-refractivity contribution in [3.05, 3.63) is 34.9 Å². The van der Waals surface area contributed by atoms with Gasteiger partial charge in [-0.15, -0.1) is 0 Å². The first-order valence-electron chi connectivity index (χ1n) is 5.41. The maximum atomic E-state index is 10.5. The number of halogens is 1. The molecule has 1 aromatic rings. The van der Waals surface area contributed by atoms with Gasteiger partial charge in [-0.1, -0.05) is 23.7 Å². The molecule has 0 aliphatic carbocycles. The molecule has 0 unspecified atom stereocenters. The molecule has 0 aromatic heterocycles. The predicted octanol–water partition coefficient (Wildman–Crippen LogP) is 1.88. The molecule has 0 saturated carbocycles. The van der Waals surface area contributed by atoms with Crippen LogP contribution >= 0.6 is 11.6 Å². The molecule has 0 amide bonds. The number of morpholine rings is 1. The molecule has 2 N–H and O–H groups in total. The molecule has 1 saturated heterocycles. The van der Waals surface area contributed by atoms with E-state index in [2.05, 4.69) is 5.32 Å². The van der Waals surface area contributed by atoms with Gasteiger partial charge in [0.2, 0.25) is 5.79 Å². The standard InChI is InChI=1S/C12H16ClNO2/c1-8-7-16-12(15,9(2)14-8)10-4-3-5-11(13)6-10/h3-6,8-9,14-15H,7H2,1-2H3/t8-,9+,12-/m1/s1. The van der Waals surface area contributed by atoms with Gasteiger partial charge in [0, 0.05) is 16.6 Å². The van der Waals surface area contributed by atoms with Gasteiger partial charge in [0.1, 0.15) is 0 Å². The molecule has 4 heteroatoms. The van der Waals surface area contributed by atoms with Gasteiger partial charge in [-0.25, -0.2) is 0 Å². The Hall–Kier alpha value is -0.610. The van der Waals surface area contributed by atoms with Crippen LogP contribution in [0, 0.1) is 0 Å². The van der Waals surface area contributed by atoms with Crippen LogP contribution in [0.5, 0.6) is 0 Å². The minimum Gasteiger partial charge on any atom is -0.361 e. The van der Waals surface area contributed by atoms with E-state index in [1.807, 2.05) is 26.0 Å². The fourth-order valence-corrected chi connectivity index (χ4v) is 2.20. The molecule has 1 aliphatic heterocycles. The van der Waals surface area contributed by atoms with Crippen LogP contribution in [0.2, 0.25) is 5.02 Å². The van der Waals surface area contributed by atoms with E-state index < -0.39 is 5.79 Å². The van der Waals surface area contributed by atoms with E-state index in [0.717, 1.165) is 0 Å². The second kappa shape index (κ2) is 4.34. The third kappa shape index (κ3) is 2.09. The van der Waals surface area contributed by atoms with Gasteiger partial charge >= 0.3 is 0 Å². The Morgan fingerprint density at radius 2 is 2.25 bits per heavy atom. The zero-order valence-electron chi connectivity index (χ0n) is 9.40. The van der Waals surface area contributed by atoms with Crippen molar-refractivity contribution in [2.75, 3.05) is 6.61 Å². The van der Waals surface area contributed by atoms with E-state index in [0.29, 0.717) is 17.2 Å². The van der Waals surface area contributed by atoms with Crippen molar-refractivity contribution in [1.82, 2.24) is 5.32 Å². The molecule has 1 fully saturated rings. The van der Waals surface area contributed by atoms with Gasteiger partial charge in [0.25, 0.3) is 0 Å². The number of hydrogen-bond donors (Lipinski definition) is 2. The van der Waals surface area contributed by atoms with Gasteiger partial charge < -0.3 is 15.2 Å². The fraction of sp³-hybridized carbons (Fsp3) is 0.500. The highest BCUT2D eigenvalue weighted by molar-refractivity contribution is 6.30. The Bertz CT molecular complexity index is 385. The van der Waals surface area contributed by atoms with E-state index in [9.17, 15) is 5.11 Å². The Morgan fingerprint density at radius 3 is 2.88 bits per heavy atom. The number of benzene rings is 1. The molecule has 2 rings (SSSR count). The second-order valence-corrected chi connectivity index (χ2v) is 4.74. The Morgan fingerprint density at radius 1 is 1.50 bits per heavy atom. The number of hydrogen-bond acceptors (Lipinski definition) is 3. The number of rotatable bonds is 1. The van der Waals surface area contributed by atoms with Crippen molar-refractivity contribution in [3.63, 3.8) is 0 Å². The first-order chi connectivity index (χ1) is 7.52. The van der Waals surface area contributed by atoms with E-state index in [1.54, 1.807) is 12.1 Å². The Balaban J connectivity index is 2.31. The van der Waals surface area contributed by atoms with Crippen LogP contribution in [0.3, 0.4) is 0 Å². The molecule has 16 heavy (non-hydrogen) atoms. The highest BCUT2D eigenvalue weighted by Crippen LogP contribution is 2.31. The van der Waals surface area contributed by atoms with Gasteiger partial charge in [0.15, 0.2) is 0 Å². The molecule has 1 aliphatic rings. The molecule has 0 radical (unpaired) electrons. The maximum Gasteiger partial charge on any atom is 0.208 e. The molecule has 0 bridgehead atoms. The highest BCUT2D eigenvalue weighted by Gasteiger charge is 2.41. The molecule has 0 spiro atoms. The summed E-state index contributed by atoms with van der Waals surface area (Å²) in [6, 6.07) is 7.21. The Labute approximate surface area is 100 Å². The zero-order valence-corrected chi connectivity index (χ0v) is 10.2. The summed E-state index contributed by atoms with van der Waals surface area (Å²) in [5, 5.41) is 14.4. The summed E-state index contributed by atoms with van der Waals surface area (Å²) in [7, 11) is 0. The van der Waals surface area contributed by atoms with Crippen LogP contribution in [0.25, 0.3) is 0 Å². The van der Waals surface area contributed by atoms with Crippen molar-refractivity contribution < 1.29 is 9.84 Å². The van der Waals surface area contributed by atoms with E-state index >= 15 is 0 Å². The van der Waals surface area contributed by atoms with Gasteiger partial charge in [-0.2, -0.15) is 0 Å². The highest BCUT2D eigenvalue weighted by atomic mass is 35.5. The van der Waals surface area contributed by atoms with E-state index in [1.165, 1.54) is 0 Å². The fourth-order valence-electron chi connectivity index (χ4n) is 2.01. The molecule has 1 heterocycles. The Kier molecular flexibility index (Phi) is 3.22. The molecular weight excluding hydrogens is 226 g/mol. The van der Waals surface area contributed by atoms with Crippen molar-refractivity contribution in [3.8, 4) is 0 Å². The van der Waals surface area contributed by atoms with Crippen LogP contribution < -0.4 is 5.32 Å². The normalized spacial score (nSPS) is 35.0. The molecule has 1 aromatic carbocycles. The van der Waals surface area contributed by atoms with Crippen molar-refractivity contribution >= 4 is 11.6 Å². The zero-order chi connectivity index (χ0) is 11.8. The lowest BCUT2D eigenvalue weighted by atomic mass is 9.96. The molecule has 88 valence electrons.